The highest BCUT2D eigenvalue weighted by molar-refractivity contribution is 8.76. The Bertz CT molecular complexity index is 3050. The van der Waals surface area contributed by atoms with Crippen molar-refractivity contribution in [2.45, 2.75) is 68.5 Å². The number of aromatic nitrogens is 3. The zero-order valence-corrected chi connectivity index (χ0v) is 48.8. The third-order valence-corrected chi connectivity index (χ3v) is 19.0. The van der Waals surface area contributed by atoms with E-state index in [4.69, 9.17) is 49.5 Å². The van der Waals surface area contributed by atoms with Crippen LogP contribution in [0.15, 0.2) is 53.5 Å². The van der Waals surface area contributed by atoms with Crippen LogP contribution in [0.3, 0.4) is 0 Å². The third kappa shape index (κ3) is 20.9. The second kappa shape index (κ2) is 31.3. The number of anilines is 2. The summed E-state index contributed by atoms with van der Waals surface area (Å²) in [4.78, 5) is 110. The average molecular weight is 1240 g/mol. The number of amides is 2. The van der Waals surface area contributed by atoms with Crippen LogP contribution in [0.2, 0.25) is 0 Å². The number of H-pyrrole nitrogens is 1. The minimum atomic E-state index is -5.90. The van der Waals surface area contributed by atoms with E-state index in [2.05, 4.69) is 41.1 Å². The number of fused-ring (bicyclic) bond motifs is 1. The molecule has 4 aromatic rings. The van der Waals surface area contributed by atoms with Crippen molar-refractivity contribution in [1.29, 1.82) is 0 Å². The first-order chi connectivity index (χ1) is 37.4. The molecule has 7 atom stereocenters. The van der Waals surface area contributed by atoms with E-state index in [-0.39, 0.29) is 95.9 Å². The first kappa shape index (κ1) is 65.6. The monoisotopic (exact) mass is 1240 g/mol. The summed E-state index contributed by atoms with van der Waals surface area (Å²) in [6, 6.07) is 11.6. The highest BCUT2D eigenvalue weighted by Gasteiger charge is 2.45. The summed E-state index contributed by atoms with van der Waals surface area (Å²) in [6.45, 7) is 3.66. The smallest absolute Gasteiger partial charge is 0.462 e. The van der Waals surface area contributed by atoms with Gasteiger partial charge in [0.1, 0.15) is 25.0 Å². The molecule has 1 aliphatic rings. The summed E-state index contributed by atoms with van der Waals surface area (Å²) in [6.07, 6.45) is 1.66. The van der Waals surface area contributed by atoms with Crippen molar-refractivity contribution in [3.8, 4) is 11.8 Å². The summed E-state index contributed by atoms with van der Waals surface area (Å²) in [5.74, 6) is 3.08. The Morgan fingerprint density at radius 1 is 0.899 bits per heavy atom. The van der Waals surface area contributed by atoms with Crippen molar-refractivity contribution in [2.24, 2.45) is 5.73 Å². The maximum atomic E-state index is 13.8. The number of benzene rings is 2. The van der Waals surface area contributed by atoms with Crippen molar-refractivity contribution in [1.82, 2.24) is 19.9 Å². The third-order valence-electron chi connectivity index (χ3n) is 10.9. The quantitative estimate of drug-likeness (QED) is 0.00954. The molecule has 5 unspecified atom stereocenters. The lowest BCUT2D eigenvalue weighted by Crippen LogP contribution is -2.31. The van der Waals surface area contributed by atoms with Crippen LogP contribution < -0.4 is 27.7 Å². The van der Waals surface area contributed by atoms with Crippen LogP contribution in [0, 0.1) is 11.8 Å². The van der Waals surface area contributed by atoms with Crippen molar-refractivity contribution in [2.75, 3.05) is 76.3 Å². The lowest BCUT2D eigenvalue weighted by molar-refractivity contribution is -0.121. The molecule has 2 aromatic carbocycles. The summed E-state index contributed by atoms with van der Waals surface area (Å²) in [5.41, 5.74) is 12.8. The van der Waals surface area contributed by atoms with Crippen LogP contribution in [-0.2, 0) is 60.1 Å². The number of esters is 2. The maximum absolute atomic E-state index is 13.8. The molecular formula is C45H60N7O20P3S4. The summed E-state index contributed by atoms with van der Waals surface area (Å²) < 4.78 is 78.1. The Balaban J connectivity index is 1.23. The van der Waals surface area contributed by atoms with Gasteiger partial charge in [-0.3, -0.25) is 23.9 Å². The molecule has 434 valence electrons. The van der Waals surface area contributed by atoms with Gasteiger partial charge >= 0.3 is 35.4 Å². The van der Waals surface area contributed by atoms with Crippen molar-refractivity contribution in [3.63, 3.8) is 0 Å². The van der Waals surface area contributed by atoms with Gasteiger partial charge in [-0.05, 0) is 68.5 Å². The van der Waals surface area contributed by atoms with E-state index in [0.717, 1.165) is 0 Å². The molecule has 2 aromatic heterocycles. The van der Waals surface area contributed by atoms with E-state index < -0.39 is 71.9 Å². The van der Waals surface area contributed by atoms with Crippen LogP contribution in [0.4, 0.5) is 11.6 Å². The van der Waals surface area contributed by atoms with Gasteiger partial charge < -0.3 is 69.9 Å². The number of phosphoric acid groups is 3. The SMILES string of the molecule is CSSC(C)c1ccc(NC(=O)COCCOCCN)cc1C(=O)OCCCCC(=O)NCC#Cc1cn([C@H]2CC(OC(=O)c3ccccc3C(C)SSC)[C@@H](COP(=O)(O)OP(=O)(O)OP(=O)(O)O)O2)c2nc(N)[nH]c(=O)c12. The van der Waals surface area contributed by atoms with Crippen LogP contribution in [0.5, 0.6) is 0 Å². The van der Waals surface area contributed by atoms with Crippen LogP contribution >= 0.6 is 66.6 Å². The van der Waals surface area contributed by atoms with E-state index in [1.54, 1.807) is 47.2 Å². The predicted molar refractivity (Wildman–Crippen MR) is 298 cm³/mol. The molecule has 0 radical (unpaired) electrons. The average Bonchev–Trinajstić information content (AvgIpc) is 4.05. The van der Waals surface area contributed by atoms with Crippen molar-refractivity contribution < 1.29 is 89.3 Å². The maximum Gasteiger partial charge on any atom is 0.490 e. The first-order valence-electron chi connectivity index (χ1n) is 23.7. The Morgan fingerprint density at radius 2 is 1.59 bits per heavy atom. The molecule has 1 aliphatic heterocycles. The molecule has 27 nitrogen and oxygen atoms in total. The Kier molecular flexibility index (Phi) is 25.9. The standard InChI is InChI=1S/C45H60N7O20P3S4/c1-27(78-76-3)31-11-5-6-12-33(31)44(57)70-35-23-39(69-36(35)25-68-74(61,62)72-75(63,64)71-73(58,59)60)52-24-29(40-41(52)50-45(47)51-42(40)55)10-9-17-48-37(53)13-7-8-18-67-43(56)34-22-30(14-15-32(34)28(2)79-77-4)49-38(54)26-66-21-20-65-19-16-46/h5-6,11-12,14-15,22,24,27-28,35-36,39H,7-8,13,16-21,23,25-26,46H2,1-4H3,(H,48,53)(H,49,54)(H,61,62)(H,63,64)(H2,58,59,60)(H3,47,50,51,55)/t27?,28?,35?,36-,39-/m1/s1. The molecule has 1 fully saturated rings. The van der Waals surface area contributed by atoms with Gasteiger partial charge in [0.2, 0.25) is 17.8 Å². The van der Waals surface area contributed by atoms with Crippen molar-refractivity contribution in [3.05, 3.63) is 86.8 Å². The molecule has 0 aliphatic carbocycles. The molecule has 11 N–H and O–H groups in total. The lowest BCUT2D eigenvalue weighted by Gasteiger charge is -2.22. The molecule has 0 bridgehead atoms. The molecule has 0 spiro atoms. The minimum absolute atomic E-state index is 0.00347. The number of hydrogen-bond donors (Lipinski definition) is 9. The minimum Gasteiger partial charge on any atom is -0.462 e. The molecule has 1 saturated heterocycles. The number of nitrogen functional groups attached to an aromatic ring is 1. The van der Waals surface area contributed by atoms with Crippen molar-refractivity contribution >= 4 is 113 Å². The number of hydrogen-bond acceptors (Lipinski definition) is 23. The fourth-order valence-electron chi connectivity index (χ4n) is 7.57. The molecule has 3 heterocycles. The summed E-state index contributed by atoms with van der Waals surface area (Å²) >= 11 is 0. The number of ether oxygens (including phenoxy) is 5. The van der Waals surface area contributed by atoms with E-state index in [9.17, 15) is 47.5 Å². The number of unbranched alkanes of at least 4 members (excludes halogenated alkanes) is 1. The zero-order valence-electron chi connectivity index (χ0n) is 42.8. The second-order valence-corrected chi connectivity index (χ2v) is 26.7. The predicted octanol–water partition coefficient (Wildman–Crippen LogP) is 5.73. The molecule has 2 amide bonds. The van der Waals surface area contributed by atoms with Gasteiger partial charge in [0.15, 0.2) is 5.65 Å². The van der Waals surface area contributed by atoms with Gasteiger partial charge in [-0.2, -0.15) is 13.6 Å². The van der Waals surface area contributed by atoms with Gasteiger partial charge in [-0.1, -0.05) is 79.3 Å². The van der Waals surface area contributed by atoms with Crippen LogP contribution in [-0.4, -0.2) is 135 Å². The topological polar surface area (TPSA) is 401 Å². The van der Waals surface area contributed by atoms with Gasteiger partial charge in [0.25, 0.3) is 5.56 Å². The number of rotatable bonds is 31. The van der Waals surface area contributed by atoms with Gasteiger partial charge in [-0.15, -0.1) is 0 Å². The Labute approximate surface area is 469 Å². The van der Waals surface area contributed by atoms with Gasteiger partial charge in [-0.25, -0.2) is 23.3 Å². The molecule has 0 saturated carbocycles. The highest BCUT2D eigenvalue weighted by atomic mass is 33.1. The lowest BCUT2D eigenvalue weighted by atomic mass is 10.0. The Morgan fingerprint density at radius 3 is 2.29 bits per heavy atom. The zero-order chi connectivity index (χ0) is 57.9. The number of phosphoric ester groups is 1. The molecule has 5 rings (SSSR count). The molecule has 34 heteroatoms. The van der Waals surface area contributed by atoms with E-state index >= 15 is 0 Å². The number of carbonyl (C=O) groups is 4. The summed E-state index contributed by atoms with van der Waals surface area (Å²) in [5, 5.41) is 5.07. The van der Waals surface area contributed by atoms with E-state index in [0.29, 0.717) is 42.8 Å². The molecular weight excluding hydrogens is 1180 g/mol. The highest BCUT2D eigenvalue weighted by Crippen LogP contribution is 2.66. The van der Waals surface area contributed by atoms with Crippen LogP contribution in [0.1, 0.15) is 93.7 Å². The van der Waals surface area contributed by atoms with E-state index in [1.165, 1.54) is 49.2 Å². The number of carbonyl (C=O) groups excluding carboxylic acids is 4. The molecule has 79 heavy (non-hydrogen) atoms. The second-order valence-electron chi connectivity index (χ2n) is 16.7. The van der Waals surface area contributed by atoms with Gasteiger partial charge in [0, 0.05) is 41.8 Å². The first-order valence-corrected chi connectivity index (χ1v) is 33.5. The normalized spacial score (nSPS) is 17.7. The number of nitrogens with two attached hydrogens (primary N) is 2. The Hall–Kier alpha value is -4.25. The fraction of sp³-hybridized carbons (Fsp3) is 0.467. The van der Waals surface area contributed by atoms with Crippen LogP contribution in [0.25, 0.3) is 11.0 Å². The van der Waals surface area contributed by atoms with Gasteiger partial charge in [0.05, 0.1) is 61.7 Å². The summed E-state index contributed by atoms with van der Waals surface area (Å²) in [7, 11) is -11.2. The number of nitrogens with one attached hydrogen (secondary N) is 3. The fourth-order valence-corrected chi connectivity index (χ4v) is 14.1. The number of aromatic amines is 1. The van der Waals surface area contributed by atoms with E-state index in [1.807, 2.05) is 26.4 Å². The number of nitrogens with zero attached hydrogens (tertiary/aromatic N) is 2. The largest absolute Gasteiger partial charge is 0.490 e.